The summed E-state index contributed by atoms with van der Waals surface area (Å²) in [6.07, 6.45) is 0.189. The largest absolute Gasteiger partial charge is 0.486 e. The second-order valence-electron chi connectivity index (χ2n) is 6.21. The molecule has 1 unspecified atom stereocenters. The average Bonchev–Trinajstić information content (AvgIpc) is 2.68. The molecule has 7 heteroatoms. The molecule has 27 heavy (non-hydrogen) atoms. The summed E-state index contributed by atoms with van der Waals surface area (Å²) >= 11 is 5.80. The molecule has 1 heterocycles. The molecule has 0 spiro atoms. The zero-order valence-electron chi connectivity index (χ0n) is 15.0. The first-order valence-corrected chi connectivity index (χ1v) is 9.13. The van der Waals surface area contributed by atoms with Crippen molar-refractivity contribution < 1.29 is 19.1 Å². The number of amides is 2. The summed E-state index contributed by atoms with van der Waals surface area (Å²) in [5.41, 5.74) is 1.43. The molecular weight excluding hydrogens is 368 g/mol. The Morgan fingerprint density at radius 2 is 1.78 bits per heavy atom. The average molecular weight is 389 g/mol. The van der Waals surface area contributed by atoms with Crippen LogP contribution in [0.1, 0.15) is 35.3 Å². The van der Waals surface area contributed by atoms with E-state index in [1.807, 2.05) is 25.1 Å². The molecule has 2 N–H and O–H groups in total. The van der Waals surface area contributed by atoms with Gasteiger partial charge in [-0.1, -0.05) is 17.7 Å². The Morgan fingerprint density at radius 1 is 1.07 bits per heavy atom. The van der Waals surface area contributed by atoms with Crippen LogP contribution in [0, 0.1) is 0 Å². The summed E-state index contributed by atoms with van der Waals surface area (Å²) in [6, 6.07) is 12.0. The Labute approximate surface area is 162 Å². The van der Waals surface area contributed by atoms with Crippen LogP contribution in [0.15, 0.2) is 42.5 Å². The van der Waals surface area contributed by atoms with E-state index in [9.17, 15) is 9.59 Å². The Hall–Kier alpha value is -2.73. The van der Waals surface area contributed by atoms with Gasteiger partial charge in [-0.3, -0.25) is 9.59 Å². The molecule has 0 aromatic heterocycles. The number of carbonyl (C=O) groups is 2. The number of nitrogens with one attached hydrogen (secondary N) is 2. The van der Waals surface area contributed by atoms with Gasteiger partial charge in [0.1, 0.15) is 13.2 Å². The first-order chi connectivity index (χ1) is 13.0. The lowest BCUT2D eigenvalue weighted by Crippen LogP contribution is -2.32. The van der Waals surface area contributed by atoms with Gasteiger partial charge in [-0.05, 0) is 48.9 Å². The van der Waals surface area contributed by atoms with Gasteiger partial charge in [0.15, 0.2) is 11.5 Å². The highest BCUT2D eigenvalue weighted by Crippen LogP contribution is 2.32. The van der Waals surface area contributed by atoms with E-state index < -0.39 is 0 Å². The highest BCUT2D eigenvalue weighted by atomic mass is 35.5. The van der Waals surface area contributed by atoms with Crippen molar-refractivity contribution in [3.8, 4) is 11.5 Å². The van der Waals surface area contributed by atoms with Crippen molar-refractivity contribution >= 4 is 23.4 Å². The molecule has 1 aliphatic heterocycles. The Morgan fingerprint density at radius 3 is 2.52 bits per heavy atom. The summed E-state index contributed by atoms with van der Waals surface area (Å²) in [5, 5.41) is 6.21. The molecule has 0 bridgehead atoms. The van der Waals surface area contributed by atoms with Crippen LogP contribution in [0.25, 0.3) is 0 Å². The molecule has 6 nitrogen and oxygen atoms in total. The molecule has 1 aliphatic rings. The Bertz CT molecular complexity index is 823. The lowest BCUT2D eigenvalue weighted by molar-refractivity contribution is -0.121. The number of hydrogen-bond acceptors (Lipinski definition) is 4. The number of fused-ring (bicyclic) bond motifs is 1. The molecule has 0 radical (unpaired) electrons. The Kier molecular flexibility index (Phi) is 6.19. The van der Waals surface area contributed by atoms with Crippen molar-refractivity contribution in [2.75, 3.05) is 19.8 Å². The van der Waals surface area contributed by atoms with Gasteiger partial charge < -0.3 is 20.1 Å². The SMILES string of the molecule is CC(NC(=O)CCNC(=O)c1ccc(Cl)cc1)c1ccc2c(c1)OCCO2. The summed E-state index contributed by atoms with van der Waals surface area (Å²) in [4.78, 5) is 24.1. The third-order valence-corrected chi connectivity index (χ3v) is 4.44. The zero-order valence-corrected chi connectivity index (χ0v) is 15.7. The van der Waals surface area contributed by atoms with Gasteiger partial charge in [-0.25, -0.2) is 0 Å². The van der Waals surface area contributed by atoms with Gasteiger partial charge in [0.05, 0.1) is 6.04 Å². The standard InChI is InChI=1S/C20H21ClN2O4/c1-13(15-4-7-17-18(12-15)27-11-10-26-17)23-19(24)8-9-22-20(25)14-2-5-16(21)6-3-14/h2-7,12-13H,8-11H2,1H3,(H,22,25)(H,23,24). The molecule has 0 aliphatic carbocycles. The van der Waals surface area contributed by atoms with Crippen LogP contribution in [-0.4, -0.2) is 31.6 Å². The van der Waals surface area contributed by atoms with Crippen LogP contribution in [0.5, 0.6) is 11.5 Å². The minimum absolute atomic E-state index is 0.145. The molecule has 0 saturated carbocycles. The molecule has 1 atom stereocenters. The van der Waals surface area contributed by atoms with Crippen molar-refractivity contribution in [3.63, 3.8) is 0 Å². The maximum Gasteiger partial charge on any atom is 0.251 e. The summed E-state index contributed by atoms with van der Waals surface area (Å²) in [7, 11) is 0. The summed E-state index contributed by atoms with van der Waals surface area (Å²) in [6.45, 7) is 3.21. The van der Waals surface area contributed by atoms with Crippen LogP contribution in [0.4, 0.5) is 0 Å². The molecule has 142 valence electrons. The molecule has 3 rings (SSSR count). The van der Waals surface area contributed by atoms with E-state index in [0.29, 0.717) is 35.3 Å². The fourth-order valence-corrected chi connectivity index (χ4v) is 2.85. The van der Waals surface area contributed by atoms with Gasteiger partial charge in [0, 0.05) is 23.6 Å². The van der Waals surface area contributed by atoms with Gasteiger partial charge in [0.2, 0.25) is 5.91 Å². The quantitative estimate of drug-likeness (QED) is 0.797. The molecule has 2 aromatic rings. The van der Waals surface area contributed by atoms with E-state index in [2.05, 4.69) is 10.6 Å². The van der Waals surface area contributed by atoms with Gasteiger partial charge >= 0.3 is 0 Å². The fourth-order valence-electron chi connectivity index (χ4n) is 2.72. The van der Waals surface area contributed by atoms with Gasteiger partial charge in [0.25, 0.3) is 5.91 Å². The lowest BCUT2D eigenvalue weighted by atomic mass is 10.1. The highest BCUT2D eigenvalue weighted by Gasteiger charge is 2.16. The number of hydrogen-bond donors (Lipinski definition) is 2. The highest BCUT2D eigenvalue weighted by molar-refractivity contribution is 6.30. The lowest BCUT2D eigenvalue weighted by Gasteiger charge is -2.21. The van der Waals surface area contributed by atoms with E-state index >= 15 is 0 Å². The fraction of sp³-hybridized carbons (Fsp3) is 0.300. The van der Waals surface area contributed by atoms with E-state index in [1.165, 1.54) is 0 Å². The first-order valence-electron chi connectivity index (χ1n) is 8.75. The van der Waals surface area contributed by atoms with Crippen molar-refractivity contribution in [1.29, 1.82) is 0 Å². The number of ether oxygens (including phenoxy) is 2. The summed E-state index contributed by atoms with van der Waals surface area (Å²) in [5.74, 6) is 1.02. The van der Waals surface area contributed by atoms with Crippen LogP contribution in [0.2, 0.25) is 5.02 Å². The minimum Gasteiger partial charge on any atom is -0.486 e. The maximum atomic E-state index is 12.1. The molecule has 2 aromatic carbocycles. The normalized spacial score (nSPS) is 13.6. The predicted octanol–water partition coefficient (Wildman–Crippen LogP) is 3.11. The smallest absolute Gasteiger partial charge is 0.251 e. The van der Waals surface area contributed by atoms with Gasteiger partial charge in [-0.2, -0.15) is 0 Å². The van der Waals surface area contributed by atoms with Crippen LogP contribution < -0.4 is 20.1 Å². The van der Waals surface area contributed by atoms with Crippen molar-refractivity contribution in [3.05, 3.63) is 58.6 Å². The monoisotopic (exact) mass is 388 g/mol. The zero-order chi connectivity index (χ0) is 19.2. The minimum atomic E-state index is -0.237. The van der Waals surface area contributed by atoms with Crippen molar-refractivity contribution in [1.82, 2.24) is 10.6 Å². The molecular formula is C20H21ClN2O4. The number of carbonyl (C=O) groups excluding carboxylic acids is 2. The van der Waals surface area contributed by atoms with Crippen LogP contribution in [-0.2, 0) is 4.79 Å². The van der Waals surface area contributed by atoms with E-state index in [4.69, 9.17) is 21.1 Å². The van der Waals surface area contributed by atoms with E-state index in [-0.39, 0.29) is 30.8 Å². The second-order valence-corrected chi connectivity index (χ2v) is 6.64. The Balaban J connectivity index is 1.46. The summed E-state index contributed by atoms with van der Waals surface area (Å²) < 4.78 is 11.1. The number of benzene rings is 2. The van der Waals surface area contributed by atoms with Crippen LogP contribution >= 0.6 is 11.6 Å². The van der Waals surface area contributed by atoms with E-state index in [1.54, 1.807) is 24.3 Å². The van der Waals surface area contributed by atoms with Crippen LogP contribution in [0.3, 0.4) is 0 Å². The topological polar surface area (TPSA) is 76.7 Å². The van der Waals surface area contributed by atoms with Crippen molar-refractivity contribution in [2.24, 2.45) is 0 Å². The predicted molar refractivity (Wildman–Crippen MR) is 102 cm³/mol. The van der Waals surface area contributed by atoms with Gasteiger partial charge in [-0.15, -0.1) is 0 Å². The number of halogens is 1. The van der Waals surface area contributed by atoms with E-state index in [0.717, 1.165) is 5.56 Å². The molecule has 0 saturated heterocycles. The third kappa shape index (κ3) is 5.14. The number of rotatable bonds is 6. The maximum absolute atomic E-state index is 12.1. The molecule has 2 amide bonds. The second kappa shape index (κ2) is 8.77. The first kappa shape index (κ1) is 19.0. The van der Waals surface area contributed by atoms with Crippen molar-refractivity contribution in [2.45, 2.75) is 19.4 Å². The molecule has 0 fully saturated rings. The third-order valence-electron chi connectivity index (χ3n) is 4.19.